The normalized spacial score (nSPS) is 21.4. The van der Waals surface area contributed by atoms with Crippen LogP contribution >= 0.6 is 27.3 Å². The summed E-state index contributed by atoms with van der Waals surface area (Å²) in [5, 5.41) is 3.37. The van der Waals surface area contributed by atoms with Gasteiger partial charge in [0.25, 0.3) is 10.0 Å². The summed E-state index contributed by atoms with van der Waals surface area (Å²) in [5.74, 6) is 0. The van der Waals surface area contributed by atoms with Crippen LogP contribution in [-0.4, -0.2) is 38.9 Å². The Bertz CT molecular complexity index is 495. The summed E-state index contributed by atoms with van der Waals surface area (Å²) in [7, 11) is -1.68. The molecular weight excluding hydrogens is 336 g/mol. The molecule has 102 valence electrons. The number of rotatable bonds is 4. The standard InChI is InChI=1S/C11H17BrN2O2S2/c1-14(8-9-4-2-3-7-13-9)18(15,16)11-6-5-10(12)17-11/h5-6,9,13H,2-4,7-8H2,1H3. The number of nitrogens with one attached hydrogen (secondary N) is 1. The molecule has 1 aromatic heterocycles. The number of nitrogens with zero attached hydrogens (tertiary/aromatic N) is 1. The van der Waals surface area contributed by atoms with Crippen LogP contribution in [0.25, 0.3) is 0 Å². The van der Waals surface area contributed by atoms with Crippen LogP contribution in [0.5, 0.6) is 0 Å². The highest BCUT2D eigenvalue weighted by atomic mass is 79.9. The highest BCUT2D eigenvalue weighted by molar-refractivity contribution is 9.11. The van der Waals surface area contributed by atoms with Gasteiger partial charge in [0.15, 0.2) is 0 Å². The van der Waals surface area contributed by atoms with E-state index >= 15 is 0 Å². The quantitative estimate of drug-likeness (QED) is 0.904. The number of hydrogen-bond donors (Lipinski definition) is 1. The number of thiophene rings is 1. The molecule has 4 nitrogen and oxygen atoms in total. The first-order valence-electron chi connectivity index (χ1n) is 5.95. The van der Waals surface area contributed by atoms with E-state index in [-0.39, 0.29) is 6.04 Å². The molecule has 1 atom stereocenters. The lowest BCUT2D eigenvalue weighted by molar-refractivity contribution is 0.338. The van der Waals surface area contributed by atoms with Crippen LogP contribution in [0.4, 0.5) is 0 Å². The van der Waals surface area contributed by atoms with Gasteiger partial charge in [0.1, 0.15) is 4.21 Å². The largest absolute Gasteiger partial charge is 0.313 e. The van der Waals surface area contributed by atoms with Gasteiger partial charge in [-0.2, -0.15) is 4.31 Å². The molecular formula is C11H17BrN2O2S2. The minimum atomic E-state index is -3.34. The lowest BCUT2D eigenvalue weighted by Crippen LogP contribution is -2.44. The van der Waals surface area contributed by atoms with Gasteiger partial charge in [-0.1, -0.05) is 6.42 Å². The first kappa shape index (κ1) is 14.5. The summed E-state index contributed by atoms with van der Waals surface area (Å²) in [6, 6.07) is 3.70. The van der Waals surface area contributed by atoms with Crippen molar-refractivity contribution in [1.29, 1.82) is 0 Å². The Kier molecular flexibility index (Phi) is 4.82. The summed E-state index contributed by atoms with van der Waals surface area (Å²) in [5.41, 5.74) is 0. The van der Waals surface area contributed by atoms with Gasteiger partial charge in [-0.25, -0.2) is 8.42 Å². The topological polar surface area (TPSA) is 49.4 Å². The summed E-state index contributed by atoms with van der Waals surface area (Å²) < 4.78 is 27.3. The van der Waals surface area contributed by atoms with Crippen molar-refractivity contribution in [1.82, 2.24) is 9.62 Å². The average Bonchev–Trinajstić information content (AvgIpc) is 2.78. The second kappa shape index (κ2) is 6.00. The molecule has 0 aromatic carbocycles. The summed E-state index contributed by atoms with van der Waals surface area (Å²) in [4.78, 5) is 0. The van der Waals surface area contributed by atoms with Gasteiger partial charge in [0.05, 0.1) is 3.79 Å². The SMILES string of the molecule is CN(CC1CCCCN1)S(=O)(=O)c1ccc(Br)s1. The predicted molar refractivity (Wildman–Crippen MR) is 77.5 cm³/mol. The molecule has 0 spiro atoms. The van der Waals surface area contributed by atoms with E-state index in [0.29, 0.717) is 10.8 Å². The third kappa shape index (κ3) is 3.33. The van der Waals surface area contributed by atoms with E-state index < -0.39 is 10.0 Å². The zero-order valence-corrected chi connectivity index (χ0v) is 13.4. The van der Waals surface area contributed by atoms with E-state index in [4.69, 9.17) is 0 Å². The van der Waals surface area contributed by atoms with E-state index in [9.17, 15) is 8.42 Å². The van der Waals surface area contributed by atoms with E-state index in [1.54, 1.807) is 19.2 Å². The van der Waals surface area contributed by atoms with E-state index in [0.717, 1.165) is 16.8 Å². The molecule has 2 heterocycles. The molecule has 2 rings (SSSR count). The van der Waals surface area contributed by atoms with Gasteiger partial charge in [-0.3, -0.25) is 0 Å². The molecule has 0 bridgehead atoms. The summed E-state index contributed by atoms with van der Waals surface area (Å²) in [6.07, 6.45) is 3.41. The first-order valence-corrected chi connectivity index (χ1v) is 9.00. The van der Waals surface area contributed by atoms with Gasteiger partial charge < -0.3 is 5.32 Å². The van der Waals surface area contributed by atoms with E-state index in [1.807, 2.05) is 0 Å². The Hall–Kier alpha value is 0.0500. The van der Waals surface area contributed by atoms with E-state index in [2.05, 4.69) is 21.2 Å². The second-order valence-corrected chi connectivity index (χ2v) is 9.23. The maximum atomic E-state index is 12.3. The molecule has 0 amide bonds. The highest BCUT2D eigenvalue weighted by Gasteiger charge is 2.25. The third-order valence-electron chi connectivity index (χ3n) is 3.10. The Morgan fingerprint density at radius 3 is 2.83 bits per heavy atom. The Labute approximate surface area is 121 Å². The van der Waals surface area contributed by atoms with Crippen LogP contribution in [0, 0.1) is 0 Å². The molecule has 1 unspecified atom stereocenters. The molecule has 7 heteroatoms. The smallest absolute Gasteiger partial charge is 0.252 e. The zero-order valence-electron chi connectivity index (χ0n) is 10.2. The van der Waals surface area contributed by atoms with Crippen molar-refractivity contribution >= 4 is 37.3 Å². The minimum Gasteiger partial charge on any atom is -0.313 e. The molecule has 0 saturated carbocycles. The number of likely N-dealkylation sites (N-methyl/N-ethyl adjacent to an activating group) is 1. The predicted octanol–water partition coefficient (Wildman–Crippen LogP) is 2.27. The van der Waals surface area contributed by atoms with E-state index in [1.165, 1.54) is 28.5 Å². The molecule has 1 fully saturated rings. The van der Waals surface area contributed by atoms with Gasteiger partial charge >= 0.3 is 0 Å². The molecule has 1 aliphatic heterocycles. The third-order valence-corrected chi connectivity index (χ3v) is 7.02. The van der Waals surface area contributed by atoms with Crippen LogP contribution in [-0.2, 0) is 10.0 Å². The van der Waals surface area contributed by atoms with Gasteiger partial charge in [0.2, 0.25) is 0 Å². The van der Waals surface area contributed by atoms with Crippen molar-refractivity contribution < 1.29 is 8.42 Å². The molecule has 0 aliphatic carbocycles. The van der Waals surface area contributed by atoms with Gasteiger partial charge in [-0.05, 0) is 47.4 Å². The molecule has 0 radical (unpaired) electrons. The Morgan fingerprint density at radius 2 is 2.28 bits per heavy atom. The van der Waals surface area contributed by atoms with Crippen LogP contribution in [0.2, 0.25) is 0 Å². The minimum absolute atomic E-state index is 0.280. The molecule has 1 aromatic rings. The summed E-state index contributed by atoms with van der Waals surface area (Å²) in [6.45, 7) is 1.53. The monoisotopic (exact) mass is 352 g/mol. The average molecular weight is 353 g/mol. The second-order valence-electron chi connectivity index (χ2n) is 4.49. The van der Waals surface area contributed by atoms with Crippen LogP contribution in [0.15, 0.2) is 20.1 Å². The number of piperidine rings is 1. The maximum absolute atomic E-state index is 12.3. The molecule has 18 heavy (non-hydrogen) atoms. The van der Waals surface area contributed by atoms with Crippen molar-refractivity contribution in [2.45, 2.75) is 29.5 Å². The highest BCUT2D eigenvalue weighted by Crippen LogP contribution is 2.28. The van der Waals surface area contributed by atoms with Crippen molar-refractivity contribution in [3.8, 4) is 0 Å². The zero-order chi connectivity index (χ0) is 13.2. The van der Waals surface area contributed by atoms with Crippen LogP contribution in [0.3, 0.4) is 0 Å². The summed E-state index contributed by atoms with van der Waals surface area (Å²) >= 11 is 4.55. The van der Waals surface area contributed by atoms with Gasteiger partial charge in [-0.15, -0.1) is 11.3 Å². The van der Waals surface area contributed by atoms with Crippen molar-refractivity contribution in [3.63, 3.8) is 0 Å². The molecule has 1 N–H and O–H groups in total. The molecule has 1 aliphatic rings. The lowest BCUT2D eigenvalue weighted by atomic mass is 10.1. The van der Waals surface area contributed by atoms with Crippen molar-refractivity contribution in [2.75, 3.05) is 20.1 Å². The Morgan fingerprint density at radius 1 is 1.50 bits per heavy atom. The van der Waals surface area contributed by atoms with Gasteiger partial charge in [0, 0.05) is 19.6 Å². The number of sulfonamides is 1. The number of hydrogen-bond acceptors (Lipinski definition) is 4. The fraction of sp³-hybridized carbons (Fsp3) is 0.636. The van der Waals surface area contributed by atoms with Crippen molar-refractivity contribution in [3.05, 3.63) is 15.9 Å². The lowest BCUT2D eigenvalue weighted by Gasteiger charge is -2.27. The van der Waals surface area contributed by atoms with Crippen molar-refractivity contribution in [2.24, 2.45) is 0 Å². The Balaban J connectivity index is 2.05. The maximum Gasteiger partial charge on any atom is 0.252 e. The van der Waals surface area contributed by atoms with Crippen LogP contribution < -0.4 is 5.32 Å². The fourth-order valence-corrected chi connectivity index (χ4v) is 5.52. The number of halogens is 1. The van der Waals surface area contributed by atoms with Crippen LogP contribution in [0.1, 0.15) is 19.3 Å². The fourth-order valence-electron chi connectivity index (χ4n) is 2.08. The first-order chi connectivity index (χ1) is 8.50. The molecule has 1 saturated heterocycles.